The van der Waals surface area contributed by atoms with Crippen LogP contribution in [0.3, 0.4) is 0 Å². The molecule has 0 spiro atoms. The van der Waals surface area contributed by atoms with Crippen LogP contribution < -0.4 is 5.46 Å². The van der Waals surface area contributed by atoms with Gasteiger partial charge in [0, 0.05) is 9.90 Å². The molecule has 0 saturated carbocycles. The molecule has 1 N–H and O–H groups in total. The van der Waals surface area contributed by atoms with Crippen molar-refractivity contribution in [3.8, 4) is 0 Å². The van der Waals surface area contributed by atoms with Gasteiger partial charge < -0.3 is 5.02 Å². The van der Waals surface area contributed by atoms with E-state index in [1.54, 1.807) is 11.4 Å². The molecule has 102 valence electrons. The number of hydrogen-bond acceptors (Lipinski definition) is 5. The van der Waals surface area contributed by atoms with Crippen LogP contribution in [-0.4, -0.2) is 31.0 Å². The standard InChI is InChI=1S/C11H8BClN2O3S2/c13-8-1-3-9(4-2-8)20(17,18)15-12(16)10-5-6-19-11(10)7-14-15/h1-7,16H. The minimum atomic E-state index is -3.92. The molecule has 0 atom stereocenters. The first-order valence-corrected chi connectivity index (χ1v) is 8.29. The van der Waals surface area contributed by atoms with Crippen molar-refractivity contribution in [2.24, 2.45) is 5.10 Å². The molecule has 1 aromatic heterocycles. The van der Waals surface area contributed by atoms with Gasteiger partial charge in [-0.15, -0.1) is 11.3 Å². The Morgan fingerprint density at radius 3 is 2.65 bits per heavy atom. The second-order valence-electron chi connectivity index (χ2n) is 4.09. The van der Waals surface area contributed by atoms with E-state index in [4.69, 9.17) is 11.6 Å². The van der Waals surface area contributed by atoms with Gasteiger partial charge in [0.2, 0.25) is 0 Å². The summed E-state index contributed by atoms with van der Waals surface area (Å²) >= 11 is 7.13. The Balaban J connectivity index is 2.03. The Bertz CT molecular complexity index is 773. The summed E-state index contributed by atoms with van der Waals surface area (Å²) in [7, 11) is -5.23. The Labute approximate surface area is 125 Å². The van der Waals surface area contributed by atoms with Crippen LogP contribution in [0.15, 0.2) is 45.7 Å². The number of sulfonamides is 1. The van der Waals surface area contributed by atoms with E-state index >= 15 is 0 Å². The Morgan fingerprint density at radius 2 is 1.95 bits per heavy atom. The Morgan fingerprint density at radius 1 is 1.25 bits per heavy atom. The number of thiophene rings is 1. The maximum absolute atomic E-state index is 12.5. The highest BCUT2D eigenvalue weighted by molar-refractivity contribution is 7.90. The van der Waals surface area contributed by atoms with Crippen molar-refractivity contribution < 1.29 is 13.4 Å². The summed E-state index contributed by atoms with van der Waals surface area (Å²) in [6.07, 6.45) is 1.43. The van der Waals surface area contributed by atoms with E-state index in [1.165, 1.54) is 41.8 Å². The monoisotopic (exact) mass is 326 g/mol. The number of hydrogen-bond donors (Lipinski definition) is 1. The molecular formula is C11H8BClN2O3S2. The highest BCUT2D eigenvalue weighted by Crippen LogP contribution is 2.22. The summed E-state index contributed by atoms with van der Waals surface area (Å²) in [5, 5.41) is 16.2. The molecule has 1 aliphatic rings. The molecular weight excluding hydrogens is 319 g/mol. The molecule has 0 saturated heterocycles. The molecule has 9 heteroatoms. The van der Waals surface area contributed by atoms with Crippen molar-refractivity contribution in [3.05, 3.63) is 45.6 Å². The quantitative estimate of drug-likeness (QED) is 0.841. The molecule has 3 rings (SSSR count). The van der Waals surface area contributed by atoms with Gasteiger partial charge in [0.25, 0.3) is 10.0 Å². The highest BCUT2D eigenvalue weighted by Gasteiger charge is 2.38. The van der Waals surface area contributed by atoms with Gasteiger partial charge in [0.05, 0.1) is 11.1 Å². The first-order chi connectivity index (χ1) is 9.50. The van der Waals surface area contributed by atoms with Gasteiger partial charge in [0.15, 0.2) is 0 Å². The van der Waals surface area contributed by atoms with E-state index in [-0.39, 0.29) is 4.90 Å². The molecule has 5 nitrogen and oxygen atoms in total. The third kappa shape index (κ3) is 2.14. The molecule has 2 heterocycles. The van der Waals surface area contributed by atoms with Crippen LogP contribution in [0.25, 0.3) is 0 Å². The average Bonchev–Trinajstić information content (AvgIpc) is 2.88. The third-order valence-corrected chi connectivity index (χ3v) is 5.63. The lowest BCUT2D eigenvalue weighted by atomic mass is 9.75. The van der Waals surface area contributed by atoms with Crippen LogP contribution in [-0.2, 0) is 10.0 Å². The zero-order chi connectivity index (χ0) is 14.3. The number of fused-ring (bicyclic) bond motifs is 1. The Kier molecular flexibility index (Phi) is 3.33. The minimum Gasteiger partial charge on any atom is -0.427 e. The largest absolute Gasteiger partial charge is 0.485 e. The highest BCUT2D eigenvalue weighted by atomic mass is 35.5. The Hall–Kier alpha value is -1.35. The molecule has 0 unspecified atom stereocenters. The van der Waals surface area contributed by atoms with E-state index in [1.807, 2.05) is 0 Å². The lowest BCUT2D eigenvalue weighted by molar-refractivity contribution is 0.476. The number of nitrogens with zero attached hydrogens (tertiary/aromatic N) is 2. The summed E-state index contributed by atoms with van der Waals surface area (Å²) in [6.45, 7) is 0. The summed E-state index contributed by atoms with van der Waals surface area (Å²) < 4.78 is 25.6. The zero-order valence-electron chi connectivity index (χ0n) is 9.97. The average molecular weight is 327 g/mol. The van der Waals surface area contributed by atoms with Crippen molar-refractivity contribution >= 4 is 51.7 Å². The van der Waals surface area contributed by atoms with Crippen LogP contribution in [0.5, 0.6) is 0 Å². The number of rotatable bonds is 2. The predicted octanol–water partition coefficient (Wildman–Crippen LogP) is 1.13. The van der Waals surface area contributed by atoms with Gasteiger partial charge in [-0.1, -0.05) is 17.7 Å². The zero-order valence-corrected chi connectivity index (χ0v) is 12.4. The van der Waals surface area contributed by atoms with Crippen molar-refractivity contribution in [3.63, 3.8) is 0 Å². The summed E-state index contributed by atoms with van der Waals surface area (Å²) in [6, 6.07) is 7.39. The maximum atomic E-state index is 12.5. The van der Waals surface area contributed by atoms with Gasteiger partial charge >= 0.3 is 7.05 Å². The molecule has 0 bridgehead atoms. The summed E-state index contributed by atoms with van der Waals surface area (Å²) in [5.41, 5.74) is 0.530. The normalized spacial score (nSPS) is 14.5. The molecule has 0 aliphatic carbocycles. The van der Waals surface area contributed by atoms with Crippen molar-refractivity contribution in [2.45, 2.75) is 4.90 Å². The lowest BCUT2D eigenvalue weighted by Gasteiger charge is -2.24. The van der Waals surface area contributed by atoms with Gasteiger partial charge in [-0.25, -0.2) is 8.42 Å². The number of halogens is 1. The lowest BCUT2D eigenvalue weighted by Crippen LogP contribution is -2.51. The van der Waals surface area contributed by atoms with Crippen LogP contribution in [0.1, 0.15) is 4.88 Å². The predicted molar refractivity (Wildman–Crippen MR) is 80.0 cm³/mol. The van der Waals surface area contributed by atoms with E-state index in [2.05, 4.69) is 5.10 Å². The second kappa shape index (κ2) is 4.89. The molecule has 1 aliphatic heterocycles. The number of hydrazone groups is 1. The van der Waals surface area contributed by atoms with Crippen LogP contribution in [0, 0.1) is 0 Å². The van der Waals surface area contributed by atoms with E-state index in [9.17, 15) is 13.4 Å². The third-order valence-electron chi connectivity index (χ3n) is 2.86. The fraction of sp³-hybridized carbons (Fsp3) is 0. The minimum absolute atomic E-state index is 0.0248. The van der Waals surface area contributed by atoms with E-state index < -0.39 is 17.1 Å². The van der Waals surface area contributed by atoms with Gasteiger partial charge in [-0.3, -0.25) is 0 Å². The second-order valence-corrected chi connectivity index (χ2v) is 7.27. The SMILES string of the molecule is O=S(=O)(c1ccc(Cl)cc1)N1N=Cc2sccc2B1O. The molecule has 20 heavy (non-hydrogen) atoms. The van der Waals surface area contributed by atoms with Gasteiger partial charge in [0.1, 0.15) is 0 Å². The maximum Gasteiger partial charge on any atom is 0.485 e. The molecule has 0 fully saturated rings. The fourth-order valence-corrected chi connectivity index (χ4v) is 4.00. The molecule has 0 radical (unpaired) electrons. The number of benzene rings is 1. The van der Waals surface area contributed by atoms with Crippen molar-refractivity contribution in [2.75, 3.05) is 0 Å². The van der Waals surface area contributed by atoms with Crippen molar-refractivity contribution in [1.29, 1.82) is 0 Å². The molecule has 1 aromatic carbocycles. The van der Waals surface area contributed by atoms with Crippen LogP contribution >= 0.6 is 22.9 Å². The molecule has 0 amide bonds. The smallest absolute Gasteiger partial charge is 0.427 e. The fourth-order valence-electron chi connectivity index (χ4n) is 1.85. The van der Waals surface area contributed by atoms with E-state index in [0.29, 0.717) is 14.8 Å². The topological polar surface area (TPSA) is 70.0 Å². The van der Waals surface area contributed by atoms with Gasteiger partial charge in [-0.2, -0.15) is 9.43 Å². The summed E-state index contributed by atoms with van der Waals surface area (Å²) in [4.78, 5) is 0.775. The first-order valence-electron chi connectivity index (χ1n) is 5.59. The van der Waals surface area contributed by atoms with Crippen molar-refractivity contribution in [1.82, 2.24) is 4.33 Å². The van der Waals surface area contributed by atoms with Crippen LogP contribution in [0.2, 0.25) is 5.02 Å². The molecule has 2 aromatic rings. The first kappa shape index (κ1) is 13.6. The van der Waals surface area contributed by atoms with Crippen LogP contribution in [0.4, 0.5) is 0 Å². The summed E-state index contributed by atoms with van der Waals surface area (Å²) in [5.74, 6) is 0. The van der Waals surface area contributed by atoms with Gasteiger partial charge in [-0.05, 0) is 35.1 Å². The van der Waals surface area contributed by atoms with E-state index in [0.717, 1.165) is 4.88 Å².